The van der Waals surface area contributed by atoms with Crippen molar-refractivity contribution in [3.8, 4) is 0 Å². The van der Waals surface area contributed by atoms with Gasteiger partial charge in [0.1, 0.15) is 6.04 Å². The molecule has 9 atom stereocenters. The molecule has 266 valence electrons. The number of halogens is 2. The summed E-state index contributed by atoms with van der Waals surface area (Å²) in [6.07, 6.45) is 4.31. The fraction of sp³-hybridized carbons (Fsp3) is 0.564. The second-order valence-corrected chi connectivity index (χ2v) is 17.3. The zero-order valence-corrected chi connectivity index (χ0v) is 30.3. The number of ether oxygens (including phenoxy) is 3. The van der Waals surface area contributed by atoms with Gasteiger partial charge in [0.25, 0.3) is 0 Å². The minimum atomic E-state index is -2.07. The lowest BCUT2D eigenvalue weighted by molar-refractivity contribution is -0.246. The van der Waals surface area contributed by atoms with Crippen LogP contribution in [-0.2, 0) is 41.6 Å². The Morgan fingerprint density at radius 2 is 1.94 bits per heavy atom. The number of rotatable bonds is 6. The number of benzene rings is 1. The summed E-state index contributed by atoms with van der Waals surface area (Å²) in [5, 5.41) is 14.4. The Morgan fingerprint density at radius 3 is 2.72 bits per heavy atom. The highest BCUT2D eigenvalue weighted by Gasteiger charge is 2.80. The molecule has 3 heterocycles. The summed E-state index contributed by atoms with van der Waals surface area (Å²) in [5.41, 5.74) is -3.41. The molecule has 1 N–H and O–H groups in total. The molecule has 1 saturated heterocycles. The van der Waals surface area contributed by atoms with E-state index in [1.165, 1.54) is 17.0 Å². The van der Waals surface area contributed by atoms with Gasteiger partial charge in [-0.3, -0.25) is 14.5 Å². The van der Waals surface area contributed by atoms with Crippen LogP contribution in [0.2, 0.25) is 5.02 Å². The van der Waals surface area contributed by atoms with Gasteiger partial charge in [-0.2, -0.15) is 0 Å². The molecule has 0 spiro atoms. The quantitative estimate of drug-likeness (QED) is 0.338. The lowest BCUT2D eigenvalue weighted by Gasteiger charge is -2.62. The van der Waals surface area contributed by atoms with Crippen LogP contribution in [0.25, 0.3) is 0 Å². The molecule has 11 heteroatoms. The van der Waals surface area contributed by atoms with Crippen molar-refractivity contribution in [3.63, 3.8) is 0 Å². The number of aliphatic hydroxyl groups is 1. The first-order chi connectivity index (χ1) is 23.6. The Hall–Kier alpha value is -2.73. The highest BCUT2D eigenvalue weighted by molar-refractivity contribution is 7.10. The molecule has 4 aliphatic carbocycles. The number of aliphatic hydroxyl groups excluding tert-OH is 1. The molecular weight excluding hydrogens is 681 g/mol. The number of Topliss-reactive ketones (excluding diaryl/α,β-unsaturated/α-hetero) is 1. The third-order valence-electron chi connectivity index (χ3n) is 13.0. The molecule has 1 unspecified atom stereocenters. The Balaban J connectivity index is 1.10. The van der Waals surface area contributed by atoms with E-state index in [9.17, 15) is 19.5 Å². The first kappa shape index (κ1) is 34.4. The van der Waals surface area contributed by atoms with Crippen LogP contribution in [0.3, 0.4) is 0 Å². The number of carbonyl (C=O) groups is 3. The monoisotopic (exact) mass is 723 g/mol. The largest absolute Gasteiger partial charge is 0.456 e. The average Bonchev–Trinajstić information content (AvgIpc) is 3.71. The van der Waals surface area contributed by atoms with Gasteiger partial charge in [0.2, 0.25) is 5.78 Å². The van der Waals surface area contributed by atoms with E-state index in [0.29, 0.717) is 48.5 Å². The Labute approximate surface area is 300 Å². The molecular formula is C39H43ClFNO7S. The van der Waals surface area contributed by atoms with E-state index in [1.807, 2.05) is 24.0 Å². The van der Waals surface area contributed by atoms with Crippen molar-refractivity contribution in [2.75, 3.05) is 13.2 Å². The number of esters is 1. The molecule has 0 bridgehead atoms. The third kappa shape index (κ3) is 4.71. The van der Waals surface area contributed by atoms with Crippen molar-refractivity contribution in [2.45, 2.75) is 102 Å². The van der Waals surface area contributed by atoms with Crippen molar-refractivity contribution < 1.29 is 38.1 Å². The van der Waals surface area contributed by atoms with E-state index >= 15 is 4.39 Å². The maximum atomic E-state index is 17.8. The number of fused-ring (bicyclic) bond motifs is 8. The topological polar surface area (TPSA) is 102 Å². The standard InChI is InChI=1S/C39H43ClFNO7S/c1-35(2)48-32-18-27-26-10-9-23-17-24(43)11-14-36(23,3)38(26,41)30(44)19-37(27,4)39(32,49-35)31(45)21-47-34(46)33(25-7-5-6-8-28(25)40)42-15-12-29-22(20-42)13-16-50-29/h5-8,11,13-14,16-17,26-27,30,32-33,44H,9-10,12,15,18-21H2,1-4H3/t26-,27-,30-,32+,33-,36-,37-,38?,39+/m0/s1. The van der Waals surface area contributed by atoms with Gasteiger partial charge in [-0.1, -0.05) is 48.4 Å². The maximum absolute atomic E-state index is 17.8. The van der Waals surface area contributed by atoms with Crippen LogP contribution in [0.5, 0.6) is 0 Å². The molecule has 0 amide bonds. The number of hydrogen-bond donors (Lipinski definition) is 1. The SMILES string of the molecule is CC1(C)O[C@@H]2C[C@H]3[C@@H]4CCC5=CC(=O)C=C[C@]5(C)C4(F)[C@@H](O)C[C@]3(C)[C@]2(C(=O)COC(=O)[C@H](c2ccccc2Cl)N2CCc3sccc3C2)O1. The predicted molar refractivity (Wildman–Crippen MR) is 185 cm³/mol. The molecule has 8 rings (SSSR count). The van der Waals surface area contributed by atoms with Crippen LogP contribution in [0, 0.1) is 22.7 Å². The average molecular weight is 724 g/mol. The molecule has 1 aromatic heterocycles. The Kier molecular flexibility index (Phi) is 8.00. The van der Waals surface area contributed by atoms with Crippen LogP contribution in [0.1, 0.15) is 75.4 Å². The van der Waals surface area contributed by atoms with Crippen LogP contribution >= 0.6 is 22.9 Å². The van der Waals surface area contributed by atoms with Crippen molar-refractivity contribution >= 4 is 40.5 Å². The molecule has 2 aromatic rings. The molecule has 0 radical (unpaired) electrons. The molecule has 2 aliphatic heterocycles. The third-order valence-corrected chi connectivity index (χ3v) is 14.4. The Bertz CT molecular complexity index is 1840. The van der Waals surface area contributed by atoms with Crippen LogP contribution in [0.4, 0.5) is 4.39 Å². The van der Waals surface area contributed by atoms with E-state index < -0.39 is 70.4 Å². The number of alkyl halides is 1. The smallest absolute Gasteiger partial charge is 0.328 e. The predicted octanol–water partition coefficient (Wildman–Crippen LogP) is 6.48. The first-order valence-corrected chi connectivity index (χ1v) is 18.8. The van der Waals surface area contributed by atoms with Crippen molar-refractivity contribution in [3.05, 3.63) is 80.5 Å². The van der Waals surface area contributed by atoms with E-state index in [4.69, 9.17) is 25.8 Å². The lowest BCUT2D eigenvalue weighted by atomic mass is 9.44. The van der Waals surface area contributed by atoms with Gasteiger partial charge in [-0.25, -0.2) is 9.18 Å². The number of allylic oxidation sites excluding steroid dienone is 4. The summed E-state index contributed by atoms with van der Waals surface area (Å²) in [7, 11) is 0. The fourth-order valence-electron chi connectivity index (χ4n) is 10.8. The van der Waals surface area contributed by atoms with Gasteiger partial charge in [0, 0.05) is 39.7 Å². The van der Waals surface area contributed by atoms with E-state index in [1.54, 1.807) is 50.3 Å². The lowest BCUT2D eigenvalue weighted by Crippen LogP contribution is -2.70. The zero-order valence-electron chi connectivity index (χ0n) is 28.7. The summed E-state index contributed by atoms with van der Waals surface area (Å²) in [6.45, 7) is 7.74. The van der Waals surface area contributed by atoms with Crippen LogP contribution in [-0.4, -0.2) is 70.0 Å². The number of thiophene rings is 1. The minimum absolute atomic E-state index is 0.0655. The van der Waals surface area contributed by atoms with Crippen LogP contribution in [0.15, 0.2) is 59.5 Å². The molecule has 6 aliphatic rings. The van der Waals surface area contributed by atoms with Gasteiger partial charge >= 0.3 is 5.97 Å². The second kappa shape index (κ2) is 11.6. The summed E-state index contributed by atoms with van der Waals surface area (Å²) in [6, 6.07) is 8.40. The molecule has 50 heavy (non-hydrogen) atoms. The van der Waals surface area contributed by atoms with Gasteiger partial charge in [0.15, 0.2) is 29.4 Å². The molecule has 8 nitrogen and oxygen atoms in total. The summed E-state index contributed by atoms with van der Waals surface area (Å²) in [5.74, 6) is -3.39. The van der Waals surface area contributed by atoms with Gasteiger partial charge in [0.05, 0.1) is 12.2 Å². The van der Waals surface area contributed by atoms with E-state index in [-0.39, 0.29) is 18.1 Å². The summed E-state index contributed by atoms with van der Waals surface area (Å²) >= 11 is 8.35. The van der Waals surface area contributed by atoms with Crippen molar-refractivity contribution in [1.29, 1.82) is 0 Å². The molecule has 3 saturated carbocycles. The van der Waals surface area contributed by atoms with Crippen molar-refractivity contribution in [1.82, 2.24) is 4.90 Å². The number of hydrogen-bond acceptors (Lipinski definition) is 9. The highest BCUT2D eigenvalue weighted by Crippen LogP contribution is 2.72. The highest BCUT2D eigenvalue weighted by atomic mass is 35.5. The molecule has 1 aromatic carbocycles. The number of carbonyl (C=O) groups excluding carboxylic acids is 3. The van der Waals surface area contributed by atoms with E-state index in [0.717, 1.165) is 12.0 Å². The second-order valence-electron chi connectivity index (χ2n) is 15.9. The zero-order chi connectivity index (χ0) is 35.4. The Morgan fingerprint density at radius 1 is 1.16 bits per heavy atom. The minimum Gasteiger partial charge on any atom is -0.456 e. The maximum Gasteiger partial charge on any atom is 0.328 e. The van der Waals surface area contributed by atoms with Crippen LogP contribution < -0.4 is 0 Å². The first-order valence-electron chi connectivity index (χ1n) is 17.6. The number of ketones is 2. The van der Waals surface area contributed by atoms with Gasteiger partial charge < -0.3 is 19.3 Å². The van der Waals surface area contributed by atoms with Gasteiger partial charge in [-0.05, 0) is 99.6 Å². The van der Waals surface area contributed by atoms with Crippen molar-refractivity contribution in [2.24, 2.45) is 22.7 Å². The summed E-state index contributed by atoms with van der Waals surface area (Å²) in [4.78, 5) is 44.5. The number of nitrogens with zero attached hydrogens (tertiary/aromatic N) is 1. The molecule has 4 fully saturated rings. The van der Waals surface area contributed by atoms with Gasteiger partial charge in [-0.15, -0.1) is 11.3 Å². The fourth-order valence-corrected chi connectivity index (χ4v) is 11.9. The normalized spacial score (nSPS) is 39.0. The summed E-state index contributed by atoms with van der Waals surface area (Å²) < 4.78 is 36.8. The van der Waals surface area contributed by atoms with E-state index in [2.05, 4.69) is 11.4 Å².